The number of ketones is 1. The van der Waals surface area contributed by atoms with Crippen LogP contribution in [0.2, 0.25) is 0 Å². The fraction of sp³-hybridized carbons (Fsp3) is 0.500. The van der Waals surface area contributed by atoms with E-state index >= 15 is 0 Å². The van der Waals surface area contributed by atoms with Crippen LogP contribution in [0.1, 0.15) is 24.8 Å². The summed E-state index contributed by atoms with van der Waals surface area (Å²) in [5.74, 6) is -0.0684. The van der Waals surface area contributed by atoms with Crippen LogP contribution in [-0.2, 0) is 9.53 Å². The summed E-state index contributed by atoms with van der Waals surface area (Å²) in [7, 11) is 0. The summed E-state index contributed by atoms with van der Waals surface area (Å²) < 4.78 is 5.20. The second-order valence-corrected chi connectivity index (χ2v) is 4.30. The molecule has 0 radical (unpaired) electrons. The van der Waals surface area contributed by atoms with Crippen molar-refractivity contribution in [3.05, 3.63) is 22.4 Å². The van der Waals surface area contributed by atoms with Gasteiger partial charge in [-0.2, -0.15) is 0 Å². The summed E-state index contributed by atoms with van der Waals surface area (Å²) in [6, 6.07) is 3.22. The predicted molar refractivity (Wildman–Crippen MR) is 57.3 cm³/mol. The van der Waals surface area contributed by atoms with Gasteiger partial charge in [-0.3, -0.25) is 4.79 Å². The molecule has 0 aliphatic rings. The minimum atomic E-state index is -0.534. The first-order valence-corrected chi connectivity index (χ1v) is 5.42. The van der Waals surface area contributed by atoms with E-state index in [1.807, 2.05) is 31.4 Å². The third kappa shape index (κ3) is 3.21. The van der Waals surface area contributed by atoms with Crippen LogP contribution in [-0.4, -0.2) is 18.5 Å². The maximum Gasteiger partial charge on any atom is 0.180 e. The van der Waals surface area contributed by atoms with E-state index < -0.39 is 6.04 Å². The standard InChI is InChI=1S/C10H15NO2S/c1-7(2)13-6-8(12)10(11)9-4-3-5-14-9/h3-5,7,10H,6,11H2,1-2H3. The number of Topliss-reactive ketones (excluding diaryl/α,β-unsaturated/α-hetero) is 1. The van der Waals surface area contributed by atoms with Gasteiger partial charge in [-0.1, -0.05) is 6.07 Å². The van der Waals surface area contributed by atoms with Gasteiger partial charge in [-0.25, -0.2) is 0 Å². The number of rotatable bonds is 5. The van der Waals surface area contributed by atoms with Gasteiger partial charge in [0.25, 0.3) is 0 Å². The highest BCUT2D eigenvalue weighted by Gasteiger charge is 2.16. The molecule has 0 amide bonds. The first kappa shape index (κ1) is 11.4. The lowest BCUT2D eigenvalue weighted by atomic mass is 10.2. The molecule has 2 N–H and O–H groups in total. The summed E-state index contributed by atoms with van der Waals surface area (Å²) in [6.07, 6.45) is 0.0643. The number of hydrogen-bond donors (Lipinski definition) is 1. The van der Waals surface area contributed by atoms with Gasteiger partial charge in [-0.15, -0.1) is 11.3 Å². The van der Waals surface area contributed by atoms with Crippen LogP contribution in [0, 0.1) is 0 Å². The third-order valence-corrected chi connectivity index (χ3v) is 2.71. The molecule has 1 rings (SSSR count). The van der Waals surface area contributed by atoms with E-state index in [1.54, 1.807) is 0 Å². The number of hydrogen-bond acceptors (Lipinski definition) is 4. The van der Waals surface area contributed by atoms with Crippen LogP contribution in [0.15, 0.2) is 17.5 Å². The average Bonchev–Trinajstić information content (AvgIpc) is 2.65. The lowest BCUT2D eigenvalue weighted by molar-refractivity contribution is -0.126. The molecule has 1 atom stereocenters. The molecule has 1 unspecified atom stereocenters. The third-order valence-electron chi connectivity index (χ3n) is 1.76. The second-order valence-electron chi connectivity index (χ2n) is 3.32. The highest BCUT2D eigenvalue weighted by molar-refractivity contribution is 7.10. The Bertz CT molecular complexity index is 282. The molecule has 1 aromatic rings. The first-order valence-electron chi connectivity index (χ1n) is 4.54. The predicted octanol–water partition coefficient (Wildman–Crippen LogP) is 1.74. The van der Waals surface area contributed by atoms with Crippen LogP contribution in [0.25, 0.3) is 0 Å². The van der Waals surface area contributed by atoms with Crippen LogP contribution in [0.5, 0.6) is 0 Å². The molecule has 0 aliphatic heterocycles. The summed E-state index contributed by atoms with van der Waals surface area (Å²) in [4.78, 5) is 12.4. The van der Waals surface area contributed by atoms with Crippen molar-refractivity contribution in [3.63, 3.8) is 0 Å². The quantitative estimate of drug-likeness (QED) is 0.810. The van der Waals surface area contributed by atoms with Gasteiger partial charge in [0.15, 0.2) is 5.78 Å². The molecule has 0 spiro atoms. The highest BCUT2D eigenvalue weighted by atomic mass is 32.1. The molecular weight excluding hydrogens is 198 g/mol. The zero-order valence-corrected chi connectivity index (χ0v) is 9.21. The van der Waals surface area contributed by atoms with E-state index in [4.69, 9.17) is 10.5 Å². The molecule has 0 saturated heterocycles. The van der Waals surface area contributed by atoms with Crippen molar-refractivity contribution in [1.82, 2.24) is 0 Å². The summed E-state index contributed by atoms with van der Waals surface area (Å²) in [5, 5.41) is 1.91. The van der Waals surface area contributed by atoms with Gasteiger partial charge in [0, 0.05) is 4.88 Å². The molecule has 0 saturated carbocycles. The van der Waals surface area contributed by atoms with E-state index in [-0.39, 0.29) is 18.5 Å². The molecule has 3 nitrogen and oxygen atoms in total. The van der Waals surface area contributed by atoms with Gasteiger partial charge in [0.2, 0.25) is 0 Å². The van der Waals surface area contributed by atoms with Crippen LogP contribution < -0.4 is 5.73 Å². The van der Waals surface area contributed by atoms with Crippen molar-refractivity contribution in [3.8, 4) is 0 Å². The highest BCUT2D eigenvalue weighted by Crippen LogP contribution is 2.17. The Balaban J connectivity index is 2.45. The fourth-order valence-corrected chi connectivity index (χ4v) is 1.71. The summed E-state index contributed by atoms with van der Waals surface area (Å²) in [5.41, 5.74) is 5.75. The van der Waals surface area contributed by atoms with E-state index in [0.29, 0.717) is 0 Å². The fourth-order valence-electron chi connectivity index (χ4n) is 0.965. The molecule has 0 fully saturated rings. The lowest BCUT2D eigenvalue weighted by Gasteiger charge is -2.10. The molecule has 0 aliphatic carbocycles. The van der Waals surface area contributed by atoms with E-state index in [2.05, 4.69) is 0 Å². The van der Waals surface area contributed by atoms with Crippen molar-refractivity contribution in [1.29, 1.82) is 0 Å². The number of ether oxygens (including phenoxy) is 1. The number of thiophene rings is 1. The van der Waals surface area contributed by atoms with Crippen molar-refractivity contribution < 1.29 is 9.53 Å². The van der Waals surface area contributed by atoms with E-state index in [0.717, 1.165) is 4.88 Å². The Morgan fingerprint density at radius 3 is 2.86 bits per heavy atom. The van der Waals surface area contributed by atoms with Gasteiger partial charge >= 0.3 is 0 Å². The molecule has 0 bridgehead atoms. The monoisotopic (exact) mass is 213 g/mol. The van der Waals surface area contributed by atoms with Gasteiger partial charge in [0.05, 0.1) is 6.10 Å². The Morgan fingerprint density at radius 2 is 2.36 bits per heavy atom. The Morgan fingerprint density at radius 1 is 1.64 bits per heavy atom. The smallest absolute Gasteiger partial charge is 0.180 e. The SMILES string of the molecule is CC(C)OCC(=O)C(N)c1cccs1. The lowest BCUT2D eigenvalue weighted by Crippen LogP contribution is -2.25. The maximum atomic E-state index is 11.5. The van der Waals surface area contributed by atoms with Crippen molar-refractivity contribution in [2.45, 2.75) is 26.0 Å². The zero-order chi connectivity index (χ0) is 10.6. The van der Waals surface area contributed by atoms with Gasteiger partial charge < -0.3 is 10.5 Å². The molecule has 78 valence electrons. The Hall–Kier alpha value is -0.710. The van der Waals surface area contributed by atoms with E-state index in [9.17, 15) is 4.79 Å². The minimum Gasteiger partial charge on any atom is -0.371 e. The minimum absolute atomic E-state index is 0.0643. The molecule has 0 aromatic carbocycles. The zero-order valence-electron chi connectivity index (χ0n) is 8.40. The first-order chi connectivity index (χ1) is 6.61. The van der Waals surface area contributed by atoms with Crippen LogP contribution in [0.3, 0.4) is 0 Å². The summed E-state index contributed by atoms with van der Waals surface area (Å²) in [6.45, 7) is 3.88. The van der Waals surface area contributed by atoms with Gasteiger partial charge in [0.1, 0.15) is 12.6 Å². The molecule has 14 heavy (non-hydrogen) atoms. The molecule has 1 aromatic heterocycles. The molecular formula is C10H15NO2S. The largest absolute Gasteiger partial charge is 0.371 e. The van der Waals surface area contributed by atoms with Crippen molar-refractivity contribution >= 4 is 17.1 Å². The van der Waals surface area contributed by atoms with Crippen LogP contribution >= 0.6 is 11.3 Å². The normalized spacial score (nSPS) is 13.1. The van der Waals surface area contributed by atoms with Crippen LogP contribution in [0.4, 0.5) is 0 Å². The number of carbonyl (C=O) groups excluding carboxylic acids is 1. The average molecular weight is 213 g/mol. The topological polar surface area (TPSA) is 52.3 Å². The van der Waals surface area contributed by atoms with Crippen molar-refractivity contribution in [2.75, 3.05) is 6.61 Å². The number of carbonyl (C=O) groups is 1. The van der Waals surface area contributed by atoms with Gasteiger partial charge in [-0.05, 0) is 25.3 Å². The van der Waals surface area contributed by atoms with Crippen molar-refractivity contribution in [2.24, 2.45) is 5.73 Å². The number of nitrogens with two attached hydrogens (primary N) is 1. The summed E-state index contributed by atoms with van der Waals surface area (Å²) >= 11 is 1.49. The maximum absolute atomic E-state index is 11.5. The molecule has 4 heteroatoms. The Kier molecular flexibility index (Phi) is 4.25. The second kappa shape index (κ2) is 5.24. The van der Waals surface area contributed by atoms with E-state index in [1.165, 1.54) is 11.3 Å². The molecule has 1 heterocycles. The Labute approximate surface area is 87.9 Å².